The van der Waals surface area contributed by atoms with Crippen molar-refractivity contribution >= 4 is 0 Å². The van der Waals surface area contributed by atoms with E-state index in [0.717, 1.165) is 28.8 Å². The van der Waals surface area contributed by atoms with Crippen LogP contribution in [0.3, 0.4) is 0 Å². The largest absolute Gasteiger partial charge is 0.305 e. The Balaban J connectivity index is 0.000000191. The number of benzene rings is 2. The maximum absolute atomic E-state index is 4.84. The number of nitrogens with zero attached hydrogens (tertiary/aromatic N) is 2. The predicted octanol–water partition coefficient (Wildman–Crippen LogP) is 8.81. The van der Waals surface area contributed by atoms with E-state index >= 15 is 0 Å². The molecule has 3 heteroatoms. The summed E-state index contributed by atoms with van der Waals surface area (Å²) in [6.45, 7) is 9.53. The smallest absolute Gasteiger partial charge is 0.0198 e. The van der Waals surface area contributed by atoms with Gasteiger partial charge < -0.3 is 9.97 Å². The van der Waals surface area contributed by atoms with Crippen molar-refractivity contribution in [2.75, 3.05) is 0 Å². The van der Waals surface area contributed by atoms with E-state index in [1.165, 1.54) is 54.4 Å². The molecule has 3 aliphatic rings. The van der Waals surface area contributed by atoms with Gasteiger partial charge in [-0.1, -0.05) is 52.3 Å². The molecule has 4 aromatic rings. The third-order valence-corrected chi connectivity index (χ3v) is 8.99. The first-order chi connectivity index (χ1) is 17.8. The van der Waals surface area contributed by atoms with Gasteiger partial charge in [-0.25, -0.2) is 0 Å². The van der Waals surface area contributed by atoms with Crippen molar-refractivity contribution < 1.29 is 20.1 Å². The van der Waals surface area contributed by atoms with Crippen LogP contribution < -0.4 is 0 Å². The van der Waals surface area contributed by atoms with Gasteiger partial charge in [0.15, 0.2) is 0 Å². The SMILES string of the molecule is CC1(C)CCC(C)(C)c2cc(-c3cc4c(cn3)C3CCC4C3)[c-]cc21.[Ir].[c-]1ccccc1-c1ccccn1. The number of pyridine rings is 2. The van der Waals surface area contributed by atoms with Crippen molar-refractivity contribution in [1.29, 1.82) is 0 Å². The zero-order valence-electron chi connectivity index (χ0n) is 22.8. The Hall–Kier alpha value is -2.61. The van der Waals surface area contributed by atoms with Gasteiger partial charge in [0.05, 0.1) is 0 Å². The van der Waals surface area contributed by atoms with E-state index in [-0.39, 0.29) is 30.9 Å². The van der Waals surface area contributed by atoms with E-state index in [0.29, 0.717) is 0 Å². The van der Waals surface area contributed by atoms with Crippen LogP contribution in [0.1, 0.15) is 93.9 Å². The van der Waals surface area contributed by atoms with Gasteiger partial charge >= 0.3 is 0 Å². The van der Waals surface area contributed by atoms with Crippen LogP contribution in [-0.4, -0.2) is 9.97 Å². The Kier molecular flexibility index (Phi) is 7.46. The van der Waals surface area contributed by atoms with Gasteiger partial charge in [-0.15, -0.1) is 70.8 Å². The van der Waals surface area contributed by atoms with E-state index in [2.05, 4.69) is 69.2 Å². The molecule has 0 N–H and O–H groups in total. The van der Waals surface area contributed by atoms with Crippen LogP contribution in [0.25, 0.3) is 22.5 Å². The van der Waals surface area contributed by atoms with Crippen molar-refractivity contribution in [1.82, 2.24) is 9.97 Å². The maximum Gasteiger partial charge on any atom is 0.0198 e. The normalized spacial score (nSPS) is 21.4. The summed E-state index contributed by atoms with van der Waals surface area (Å²) < 4.78 is 0. The molecule has 2 atom stereocenters. The molecule has 1 saturated carbocycles. The molecule has 0 amide bonds. The third-order valence-electron chi connectivity index (χ3n) is 8.99. The number of hydrogen-bond donors (Lipinski definition) is 0. The molecular formula is C35H36IrN2-2. The van der Waals surface area contributed by atoms with E-state index in [1.54, 1.807) is 11.8 Å². The molecule has 2 heterocycles. The van der Waals surface area contributed by atoms with Crippen molar-refractivity contribution in [2.45, 2.75) is 82.5 Å². The number of hydrogen-bond acceptors (Lipinski definition) is 2. The summed E-state index contributed by atoms with van der Waals surface area (Å²) in [5.74, 6) is 1.57. The van der Waals surface area contributed by atoms with E-state index in [4.69, 9.17) is 4.98 Å². The molecule has 2 unspecified atom stereocenters. The van der Waals surface area contributed by atoms with Gasteiger partial charge in [-0.2, -0.15) is 0 Å². The first-order valence-electron chi connectivity index (χ1n) is 13.8. The fourth-order valence-corrected chi connectivity index (χ4v) is 6.60. The molecule has 0 spiro atoms. The fraction of sp³-hybridized carbons (Fsp3) is 0.371. The molecule has 197 valence electrons. The predicted molar refractivity (Wildman–Crippen MR) is 152 cm³/mol. The van der Waals surface area contributed by atoms with E-state index in [9.17, 15) is 0 Å². The summed E-state index contributed by atoms with van der Waals surface area (Å²) in [6, 6.07) is 27.4. The molecule has 2 aromatic carbocycles. The number of aromatic nitrogens is 2. The Labute approximate surface area is 241 Å². The molecule has 2 aromatic heterocycles. The van der Waals surface area contributed by atoms with E-state index < -0.39 is 0 Å². The molecule has 7 rings (SSSR count). The average Bonchev–Trinajstić information content (AvgIpc) is 3.55. The quantitative estimate of drug-likeness (QED) is 0.199. The summed E-state index contributed by atoms with van der Waals surface area (Å²) in [5.41, 5.74) is 10.9. The minimum atomic E-state index is 0. The van der Waals surface area contributed by atoms with Crippen LogP contribution in [-0.2, 0) is 30.9 Å². The third kappa shape index (κ3) is 5.04. The van der Waals surface area contributed by atoms with E-state index in [1.807, 2.05) is 42.5 Å². The summed E-state index contributed by atoms with van der Waals surface area (Å²) in [7, 11) is 0. The van der Waals surface area contributed by atoms with Crippen LogP contribution in [0.4, 0.5) is 0 Å². The zero-order valence-corrected chi connectivity index (χ0v) is 25.2. The van der Waals surface area contributed by atoms with Gasteiger partial charge in [0.25, 0.3) is 0 Å². The van der Waals surface area contributed by atoms with Gasteiger partial charge in [0.2, 0.25) is 0 Å². The molecule has 2 bridgehead atoms. The molecule has 0 saturated heterocycles. The van der Waals surface area contributed by atoms with Crippen LogP contribution >= 0.6 is 0 Å². The number of fused-ring (bicyclic) bond motifs is 6. The van der Waals surface area contributed by atoms with Crippen LogP contribution in [0, 0.1) is 12.1 Å². The minimum absolute atomic E-state index is 0. The van der Waals surface area contributed by atoms with Gasteiger partial charge in [0.1, 0.15) is 0 Å². The Morgan fingerprint density at radius 3 is 2.18 bits per heavy atom. The average molecular weight is 677 g/mol. The summed E-state index contributed by atoms with van der Waals surface area (Å²) in [5, 5.41) is 0. The Morgan fingerprint density at radius 1 is 0.737 bits per heavy atom. The van der Waals surface area contributed by atoms with Gasteiger partial charge in [-0.3, -0.25) is 0 Å². The first-order valence-corrected chi connectivity index (χ1v) is 13.8. The standard InChI is InChI=1S/C24H28N.C11H8N.Ir/c1-23(2)9-10-24(3,4)21-12-17(7-8-20(21)23)22-13-18-15-5-6-16(11-15)19(18)14-25-22;1-2-6-10(7-3-1)11-8-4-5-9-12-11;/h8,12-16H,5-6,9-11H2,1-4H3;1-6,8-9H;/q2*-1;. The fourth-order valence-electron chi connectivity index (χ4n) is 6.60. The van der Waals surface area contributed by atoms with Crippen molar-refractivity contribution in [3.63, 3.8) is 0 Å². The summed E-state index contributed by atoms with van der Waals surface area (Å²) >= 11 is 0. The molecule has 38 heavy (non-hydrogen) atoms. The van der Waals surface area contributed by atoms with Crippen molar-refractivity contribution in [3.05, 3.63) is 107 Å². The Morgan fingerprint density at radius 2 is 1.47 bits per heavy atom. The first kappa shape index (κ1) is 27.0. The molecule has 2 nitrogen and oxygen atoms in total. The number of rotatable bonds is 2. The molecule has 0 aliphatic heterocycles. The van der Waals surface area contributed by atoms with Crippen LogP contribution in [0.15, 0.2) is 73.1 Å². The second-order valence-electron chi connectivity index (χ2n) is 12.3. The molecular weight excluding hydrogens is 641 g/mol. The van der Waals surface area contributed by atoms with Crippen molar-refractivity contribution in [3.8, 4) is 22.5 Å². The van der Waals surface area contributed by atoms with Gasteiger partial charge in [0, 0.05) is 32.5 Å². The second kappa shape index (κ2) is 10.5. The molecule has 1 radical (unpaired) electrons. The summed E-state index contributed by atoms with van der Waals surface area (Å²) in [4.78, 5) is 9.06. The van der Waals surface area contributed by atoms with Crippen LogP contribution in [0.5, 0.6) is 0 Å². The zero-order chi connectivity index (χ0) is 25.6. The molecule has 1 fully saturated rings. The van der Waals surface area contributed by atoms with Crippen LogP contribution in [0.2, 0.25) is 0 Å². The van der Waals surface area contributed by atoms with Gasteiger partial charge in [-0.05, 0) is 76.9 Å². The monoisotopic (exact) mass is 677 g/mol. The summed E-state index contributed by atoms with van der Waals surface area (Å²) in [6.07, 6.45) is 10.5. The topological polar surface area (TPSA) is 25.8 Å². The second-order valence-corrected chi connectivity index (χ2v) is 12.3. The van der Waals surface area contributed by atoms with Crippen molar-refractivity contribution in [2.24, 2.45) is 0 Å². The minimum Gasteiger partial charge on any atom is -0.305 e. The Bertz CT molecular complexity index is 1370. The maximum atomic E-state index is 4.84. The molecule has 3 aliphatic carbocycles.